The highest BCUT2D eigenvalue weighted by atomic mass is 19.1. The van der Waals surface area contributed by atoms with E-state index in [2.05, 4.69) is 15.0 Å². The number of nitrogens with two attached hydrogens (primary N) is 1. The monoisotopic (exact) mass is 456 g/mol. The fourth-order valence-corrected chi connectivity index (χ4v) is 2.88. The van der Waals surface area contributed by atoms with Gasteiger partial charge in [-0.2, -0.15) is 4.98 Å². The topological polar surface area (TPSA) is 171 Å². The molecule has 2 rings (SSSR count). The number of carbonyl (C=O) groups excluding carboxylic acids is 2. The van der Waals surface area contributed by atoms with Gasteiger partial charge >= 0.3 is 17.6 Å². The summed E-state index contributed by atoms with van der Waals surface area (Å²) in [4.78, 5) is 42.7. The van der Waals surface area contributed by atoms with Gasteiger partial charge in [0.1, 0.15) is 12.4 Å². The maximum Gasteiger partial charge on any atom is 0.351 e. The van der Waals surface area contributed by atoms with Crippen molar-refractivity contribution in [2.24, 2.45) is 17.0 Å². The molecule has 0 saturated carbocycles. The van der Waals surface area contributed by atoms with Crippen LogP contribution in [0.25, 0.3) is 10.4 Å². The lowest BCUT2D eigenvalue weighted by molar-refractivity contribution is -0.179. The van der Waals surface area contributed by atoms with Crippen LogP contribution in [0.1, 0.15) is 41.3 Å². The number of anilines is 1. The van der Waals surface area contributed by atoms with E-state index in [-0.39, 0.29) is 13.2 Å². The van der Waals surface area contributed by atoms with E-state index in [0.29, 0.717) is 0 Å². The van der Waals surface area contributed by atoms with E-state index in [1.165, 1.54) is 12.3 Å². The van der Waals surface area contributed by atoms with Crippen LogP contribution in [0.2, 0.25) is 0 Å². The third-order valence-electron chi connectivity index (χ3n) is 4.61. The molecule has 1 saturated heterocycles. The number of hydrogen-bond acceptors (Lipinski definition) is 9. The minimum absolute atomic E-state index is 0. The van der Waals surface area contributed by atoms with E-state index in [0.717, 1.165) is 4.57 Å². The van der Waals surface area contributed by atoms with Crippen molar-refractivity contribution in [3.63, 3.8) is 0 Å². The zero-order chi connectivity index (χ0) is 23.3. The van der Waals surface area contributed by atoms with Crippen LogP contribution in [0, 0.1) is 11.8 Å². The molecule has 1 aromatic rings. The maximum absolute atomic E-state index is 15.6. The number of alkyl halides is 1. The molecule has 1 aliphatic heterocycles. The standard InChI is InChI=1S/C18H25FN6O6.CH4/c1-9(2)15(26)29-8-18(7-22-24-21)13(30-16(27)10(3)4)12(19)14(31-18)25-6-5-11(20)23-17(25)28;/h5-6,9-10,12-14H,7-8H2,1-4H3,(H2,20,23,28);1H4/t12-,13+,14-,18-;/m1./s1. The van der Waals surface area contributed by atoms with Gasteiger partial charge in [0.2, 0.25) is 0 Å². The van der Waals surface area contributed by atoms with E-state index in [1.807, 2.05) is 0 Å². The van der Waals surface area contributed by atoms with E-state index >= 15 is 4.39 Å². The number of rotatable bonds is 8. The Kier molecular flexibility index (Phi) is 9.16. The number of hydrogen-bond donors (Lipinski definition) is 1. The predicted molar refractivity (Wildman–Crippen MR) is 112 cm³/mol. The Bertz CT molecular complexity index is 931. The Hall–Kier alpha value is -3.18. The van der Waals surface area contributed by atoms with Gasteiger partial charge in [-0.1, -0.05) is 40.2 Å². The Morgan fingerprint density at radius 2 is 2.00 bits per heavy atom. The summed E-state index contributed by atoms with van der Waals surface area (Å²) in [5.74, 6) is -2.56. The summed E-state index contributed by atoms with van der Waals surface area (Å²) >= 11 is 0. The zero-order valence-electron chi connectivity index (χ0n) is 17.6. The van der Waals surface area contributed by atoms with Crippen LogP contribution in [0.5, 0.6) is 0 Å². The second-order valence-electron chi connectivity index (χ2n) is 7.72. The maximum atomic E-state index is 15.6. The van der Waals surface area contributed by atoms with Crippen LogP contribution in [0.4, 0.5) is 10.2 Å². The van der Waals surface area contributed by atoms with E-state index in [9.17, 15) is 14.4 Å². The summed E-state index contributed by atoms with van der Waals surface area (Å²) in [7, 11) is 0. The van der Waals surface area contributed by atoms with Crippen LogP contribution in [-0.4, -0.2) is 52.5 Å². The summed E-state index contributed by atoms with van der Waals surface area (Å²) in [5.41, 5.74) is 11.5. The lowest BCUT2D eigenvalue weighted by Crippen LogP contribution is -2.52. The van der Waals surface area contributed by atoms with E-state index < -0.39 is 66.7 Å². The number of aromatic nitrogens is 2. The Balaban J connectivity index is 0.00000512. The lowest BCUT2D eigenvalue weighted by atomic mass is 9.96. The van der Waals surface area contributed by atoms with Crippen molar-refractivity contribution in [1.29, 1.82) is 0 Å². The third kappa shape index (κ3) is 5.74. The molecule has 1 aromatic heterocycles. The summed E-state index contributed by atoms with van der Waals surface area (Å²) in [6.07, 6.45) is -4.13. The summed E-state index contributed by atoms with van der Waals surface area (Å²) in [5, 5.41) is 3.43. The fraction of sp³-hybridized carbons (Fsp3) is 0.684. The predicted octanol–water partition coefficient (Wildman–Crippen LogP) is 2.14. The first kappa shape index (κ1) is 26.9. The van der Waals surface area contributed by atoms with Crippen molar-refractivity contribution in [2.75, 3.05) is 18.9 Å². The van der Waals surface area contributed by atoms with E-state index in [1.54, 1.807) is 27.7 Å². The molecule has 0 radical (unpaired) electrons. The van der Waals surface area contributed by atoms with Gasteiger partial charge in [-0.15, -0.1) is 0 Å². The highest BCUT2D eigenvalue weighted by Gasteiger charge is 2.59. The van der Waals surface area contributed by atoms with Crippen molar-refractivity contribution in [2.45, 2.75) is 59.2 Å². The van der Waals surface area contributed by atoms with Gasteiger partial charge in [0, 0.05) is 11.1 Å². The molecule has 1 fully saturated rings. The SMILES string of the molecule is C.CC(C)C(=O)OC[C@@]1(CN=[N+]=[N-])O[C@@H](n2ccc(N)nc2=O)[C@H](F)[C@@H]1OC(=O)C(C)C. The number of halogens is 1. The van der Waals surface area contributed by atoms with Gasteiger partial charge in [0.25, 0.3) is 0 Å². The molecule has 32 heavy (non-hydrogen) atoms. The quantitative estimate of drug-likeness (QED) is 0.268. The molecule has 178 valence electrons. The third-order valence-corrected chi connectivity index (χ3v) is 4.61. The van der Waals surface area contributed by atoms with Gasteiger partial charge < -0.3 is 19.9 Å². The molecule has 1 aliphatic rings. The number of nitrogens with zero attached hydrogens (tertiary/aromatic N) is 5. The van der Waals surface area contributed by atoms with Crippen molar-refractivity contribution in [3.8, 4) is 0 Å². The average molecular weight is 456 g/mol. The Morgan fingerprint density at radius 3 is 2.53 bits per heavy atom. The number of ether oxygens (including phenoxy) is 3. The summed E-state index contributed by atoms with van der Waals surface area (Å²) < 4.78 is 32.7. The second kappa shape index (κ2) is 10.9. The normalized spacial score (nSPS) is 24.5. The first-order valence-corrected chi connectivity index (χ1v) is 9.57. The molecule has 4 atom stereocenters. The largest absolute Gasteiger partial charge is 0.462 e. The van der Waals surface area contributed by atoms with E-state index in [4.69, 9.17) is 25.5 Å². The van der Waals surface area contributed by atoms with Gasteiger partial charge in [-0.05, 0) is 11.6 Å². The van der Waals surface area contributed by atoms with Crippen molar-refractivity contribution < 1.29 is 28.2 Å². The Morgan fingerprint density at radius 1 is 1.38 bits per heavy atom. The molecule has 12 nitrogen and oxygen atoms in total. The number of azide groups is 1. The van der Waals surface area contributed by atoms with Crippen LogP contribution in [-0.2, 0) is 23.8 Å². The molecule has 0 aliphatic carbocycles. The molecule has 0 spiro atoms. The van der Waals surface area contributed by atoms with Crippen molar-refractivity contribution in [3.05, 3.63) is 33.2 Å². The highest BCUT2D eigenvalue weighted by Crippen LogP contribution is 2.41. The average Bonchev–Trinajstić information content (AvgIpc) is 2.96. The Labute approximate surface area is 184 Å². The van der Waals surface area contributed by atoms with Gasteiger partial charge in [0.15, 0.2) is 24.1 Å². The van der Waals surface area contributed by atoms with Crippen LogP contribution >= 0.6 is 0 Å². The van der Waals surface area contributed by atoms with Gasteiger partial charge in [0.05, 0.1) is 18.4 Å². The van der Waals surface area contributed by atoms with Crippen LogP contribution < -0.4 is 11.4 Å². The molecule has 0 aromatic carbocycles. The second-order valence-corrected chi connectivity index (χ2v) is 7.72. The number of nitrogen functional groups attached to an aromatic ring is 1. The number of carbonyl (C=O) groups is 2. The molecule has 0 unspecified atom stereocenters. The first-order chi connectivity index (χ1) is 14.5. The van der Waals surface area contributed by atoms with Crippen molar-refractivity contribution >= 4 is 17.8 Å². The summed E-state index contributed by atoms with van der Waals surface area (Å²) in [6.45, 7) is 5.17. The molecular formula is C19H29FN6O6. The summed E-state index contributed by atoms with van der Waals surface area (Å²) in [6, 6.07) is 1.26. The minimum Gasteiger partial charge on any atom is -0.462 e. The lowest BCUT2D eigenvalue weighted by Gasteiger charge is -2.32. The zero-order valence-corrected chi connectivity index (χ0v) is 17.6. The molecule has 0 bridgehead atoms. The minimum atomic E-state index is -2.07. The fourth-order valence-electron chi connectivity index (χ4n) is 2.88. The van der Waals surface area contributed by atoms with Crippen molar-refractivity contribution in [1.82, 2.24) is 9.55 Å². The molecule has 13 heteroatoms. The van der Waals surface area contributed by atoms with Gasteiger partial charge in [-0.3, -0.25) is 14.2 Å². The smallest absolute Gasteiger partial charge is 0.351 e. The molecule has 2 N–H and O–H groups in total. The first-order valence-electron chi connectivity index (χ1n) is 9.57. The number of esters is 2. The van der Waals surface area contributed by atoms with Crippen LogP contribution in [0.3, 0.4) is 0 Å². The van der Waals surface area contributed by atoms with Gasteiger partial charge in [-0.25, -0.2) is 9.18 Å². The van der Waals surface area contributed by atoms with Crippen LogP contribution in [0.15, 0.2) is 22.2 Å². The molecular weight excluding hydrogens is 427 g/mol. The highest BCUT2D eigenvalue weighted by molar-refractivity contribution is 5.72. The molecule has 2 heterocycles. The molecule has 0 amide bonds.